The zero-order valence-electron chi connectivity index (χ0n) is 10.5. The van der Waals surface area contributed by atoms with E-state index in [1.54, 1.807) is 12.1 Å². The summed E-state index contributed by atoms with van der Waals surface area (Å²) in [5, 5.41) is 3.30. The van der Waals surface area contributed by atoms with Crippen LogP contribution in [-0.2, 0) is 16.4 Å². The summed E-state index contributed by atoms with van der Waals surface area (Å²) >= 11 is 0. The molecule has 1 aromatic carbocycles. The number of nitrogens with zero attached hydrogens (tertiary/aromatic N) is 1. The van der Waals surface area contributed by atoms with Gasteiger partial charge in [-0.2, -0.15) is 0 Å². The molecule has 5 heteroatoms. The molecule has 4 nitrogen and oxygen atoms in total. The molecule has 0 saturated heterocycles. The molecule has 18 heavy (non-hydrogen) atoms. The van der Waals surface area contributed by atoms with Crippen molar-refractivity contribution in [2.75, 3.05) is 12.8 Å². The van der Waals surface area contributed by atoms with Crippen LogP contribution in [0.5, 0.6) is 0 Å². The molecule has 0 aliphatic carbocycles. The van der Waals surface area contributed by atoms with Crippen LogP contribution in [0.3, 0.4) is 0 Å². The summed E-state index contributed by atoms with van der Waals surface area (Å²) in [6.45, 7) is 1.61. The molecule has 0 fully saturated rings. The zero-order chi connectivity index (χ0) is 13.0. The lowest BCUT2D eigenvalue weighted by Crippen LogP contribution is -2.25. The summed E-state index contributed by atoms with van der Waals surface area (Å²) in [5.41, 5.74) is 1.07. The van der Waals surface area contributed by atoms with Gasteiger partial charge in [0.25, 0.3) is 0 Å². The highest BCUT2D eigenvalue weighted by molar-refractivity contribution is 7.90. The zero-order valence-corrected chi connectivity index (χ0v) is 11.3. The number of amidine groups is 1. The summed E-state index contributed by atoms with van der Waals surface area (Å²) in [4.78, 5) is 4.77. The molecule has 0 atom stereocenters. The third-order valence-corrected chi connectivity index (χ3v) is 4.10. The van der Waals surface area contributed by atoms with E-state index in [1.165, 1.54) is 19.1 Å². The van der Waals surface area contributed by atoms with Crippen molar-refractivity contribution in [1.82, 2.24) is 5.32 Å². The third kappa shape index (κ3) is 3.57. The molecule has 0 spiro atoms. The first-order chi connectivity index (χ1) is 8.55. The van der Waals surface area contributed by atoms with Crippen molar-refractivity contribution < 1.29 is 8.42 Å². The molecule has 0 saturated carbocycles. The Kier molecular flexibility index (Phi) is 4.01. The van der Waals surface area contributed by atoms with Gasteiger partial charge in [0.05, 0.1) is 10.7 Å². The number of nitrogens with one attached hydrogen (secondary N) is 1. The lowest BCUT2D eigenvalue weighted by Gasteiger charge is -2.14. The van der Waals surface area contributed by atoms with Gasteiger partial charge in [-0.05, 0) is 30.5 Å². The van der Waals surface area contributed by atoms with Gasteiger partial charge in [-0.1, -0.05) is 12.1 Å². The second-order valence-electron chi connectivity index (χ2n) is 4.56. The van der Waals surface area contributed by atoms with Crippen LogP contribution in [0.4, 0.5) is 0 Å². The van der Waals surface area contributed by atoms with E-state index in [2.05, 4.69) is 10.3 Å². The number of sulfone groups is 1. The van der Waals surface area contributed by atoms with E-state index in [-0.39, 0.29) is 0 Å². The smallest absolute Gasteiger partial charge is 0.175 e. The van der Waals surface area contributed by atoms with Gasteiger partial charge >= 0.3 is 0 Å². The molecule has 1 aliphatic heterocycles. The molecular formula is C13H18N2O2S. The van der Waals surface area contributed by atoms with Gasteiger partial charge in [0.2, 0.25) is 0 Å². The lowest BCUT2D eigenvalue weighted by molar-refractivity contribution is 0.602. The monoisotopic (exact) mass is 266 g/mol. The predicted molar refractivity (Wildman–Crippen MR) is 72.5 cm³/mol. The Morgan fingerprint density at radius 2 is 1.94 bits per heavy atom. The molecule has 1 aliphatic rings. The highest BCUT2D eigenvalue weighted by Crippen LogP contribution is 2.11. The molecule has 98 valence electrons. The Hall–Kier alpha value is -1.36. The van der Waals surface area contributed by atoms with Crippen LogP contribution >= 0.6 is 0 Å². The normalized spacial score (nSPS) is 16.2. The first-order valence-electron chi connectivity index (χ1n) is 6.12. The maximum Gasteiger partial charge on any atom is 0.175 e. The molecule has 1 N–H and O–H groups in total. The molecule has 0 radical (unpaired) electrons. The van der Waals surface area contributed by atoms with E-state index in [0.29, 0.717) is 11.4 Å². The standard InChI is InChI=1S/C13H18N2O2S/c1-18(16,17)12-7-5-11(6-8-12)10-15-13-4-2-3-9-14-13/h5-8H,2-4,9-10H2,1H3,(H,14,15). The second-order valence-corrected chi connectivity index (χ2v) is 6.57. The van der Waals surface area contributed by atoms with E-state index in [1.807, 2.05) is 12.1 Å². The number of hydrogen-bond donors (Lipinski definition) is 1. The Morgan fingerprint density at radius 1 is 1.22 bits per heavy atom. The van der Waals surface area contributed by atoms with Crippen molar-refractivity contribution in [2.45, 2.75) is 30.7 Å². The van der Waals surface area contributed by atoms with Crippen molar-refractivity contribution in [3.05, 3.63) is 29.8 Å². The molecular weight excluding hydrogens is 248 g/mol. The fourth-order valence-corrected chi connectivity index (χ4v) is 2.53. The van der Waals surface area contributed by atoms with Crippen LogP contribution in [0.25, 0.3) is 0 Å². The molecule has 0 bridgehead atoms. The molecule has 0 amide bonds. The molecule has 1 aromatic rings. The molecule has 2 rings (SSSR count). The third-order valence-electron chi connectivity index (χ3n) is 2.97. The number of aliphatic imine (C=N–C) groups is 1. The Morgan fingerprint density at radius 3 is 2.50 bits per heavy atom. The maximum absolute atomic E-state index is 11.3. The second kappa shape index (κ2) is 5.52. The topological polar surface area (TPSA) is 58.5 Å². The first-order valence-corrected chi connectivity index (χ1v) is 8.01. The summed E-state index contributed by atoms with van der Waals surface area (Å²) in [6.07, 6.45) is 4.60. The van der Waals surface area contributed by atoms with Gasteiger partial charge in [0.15, 0.2) is 9.84 Å². The van der Waals surface area contributed by atoms with Gasteiger partial charge in [-0.3, -0.25) is 4.99 Å². The predicted octanol–water partition coefficient (Wildman–Crippen LogP) is 1.76. The first kappa shape index (κ1) is 13.1. The van der Waals surface area contributed by atoms with Crippen molar-refractivity contribution in [2.24, 2.45) is 4.99 Å². The quantitative estimate of drug-likeness (QED) is 0.907. The SMILES string of the molecule is CS(=O)(=O)c1ccc(CNC2=NCCCC2)cc1. The summed E-state index contributed by atoms with van der Waals surface area (Å²) in [7, 11) is -3.10. The van der Waals surface area contributed by atoms with E-state index >= 15 is 0 Å². The largest absolute Gasteiger partial charge is 0.370 e. The van der Waals surface area contributed by atoms with Crippen LogP contribution in [0.2, 0.25) is 0 Å². The van der Waals surface area contributed by atoms with Crippen molar-refractivity contribution in [3.8, 4) is 0 Å². The van der Waals surface area contributed by atoms with Crippen molar-refractivity contribution in [3.63, 3.8) is 0 Å². The van der Waals surface area contributed by atoms with Crippen LogP contribution in [0.15, 0.2) is 34.2 Å². The average Bonchev–Trinajstić information content (AvgIpc) is 2.37. The van der Waals surface area contributed by atoms with Crippen molar-refractivity contribution in [1.29, 1.82) is 0 Å². The summed E-state index contributed by atoms with van der Waals surface area (Å²) in [6, 6.07) is 6.98. The number of benzene rings is 1. The number of rotatable bonds is 3. The minimum atomic E-state index is -3.10. The summed E-state index contributed by atoms with van der Waals surface area (Å²) in [5.74, 6) is 1.06. The van der Waals surface area contributed by atoms with Gasteiger partial charge in [0.1, 0.15) is 0 Å². The van der Waals surface area contributed by atoms with Crippen molar-refractivity contribution >= 4 is 15.7 Å². The van der Waals surface area contributed by atoms with Gasteiger partial charge in [0, 0.05) is 25.8 Å². The van der Waals surface area contributed by atoms with E-state index in [4.69, 9.17) is 0 Å². The van der Waals surface area contributed by atoms with E-state index in [0.717, 1.165) is 24.4 Å². The molecule has 1 heterocycles. The van der Waals surface area contributed by atoms with Crippen LogP contribution in [-0.4, -0.2) is 27.1 Å². The summed E-state index contributed by atoms with van der Waals surface area (Å²) < 4.78 is 22.6. The number of hydrogen-bond acceptors (Lipinski definition) is 4. The van der Waals surface area contributed by atoms with Gasteiger partial charge in [-0.25, -0.2) is 8.42 Å². The van der Waals surface area contributed by atoms with Crippen LogP contribution < -0.4 is 5.32 Å². The fourth-order valence-electron chi connectivity index (χ4n) is 1.90. The molecule has 0 aromatic heterocycles. The van der Waals surface area contributed by atoms with E-state index < -0.39 is 9.84 Å². The Balaban J connectivity index is 1.96. The lowest BCUT2D eigenvalue weighted by atomic mass is 10.1. The Bertz CT molecular complexity index is 533. The fraction of sp³-hybridized carbons (Fsp3) is 0.462. The highest BCUT2D eigenvalue weighted by Gasteiger charge is 2.07. The molecule has 0 unspecified atom stereocenters. The average molecular weight is 266 g/mol. The minimum Gasteiger partial charge on any atom is -0.370 e. The van der Waals surface area contributed by atoms with Crippen LogP contribution in [0.1, 0.15) is 24.8 Å². The van der Waals surface area contributed by atoms with E-state index in [9.17, 15) is 8.42 Å². The highest BCUT2D eigenvalue weighted by atomic mass is 32.2. The van der Waals surface area contributed by atoms with Gasteiger partial charge < -0.3 is 5.32 Å². The minimum absolute atomic E-state index is 0.362. The van der Waals surface area contributed by atoms with Gasteiger partial charge in [-0.15, -0.1) is 0 Å². The maximum atomic E-state index is 11.3. The van der Waals surface area contributed by atoms with Crippen LogP contribution in [0, 0.1) is 0 Å². The Labute approximate surface area is 108 Å².